The Kier molecular flexibility index (Phi) is 6.96. The molecule has 0 saturated heterocycles. The monoisotopic (exact) mass is 337 g/mol. The van der Waals surface area contributed by atoms with Crippen molar-refractivity contribution >= 4 is 23.2 Å². The fraction of sp³-hybridized carbons (Fsp3) is 0.500. The number of alkyl halides is 3. The van der Waals surface area contributed by atoms with E-state index in [9.17, 15) is 18.0 Å². The van der Waals surface area contributed by atoms with Gasteiger partial charge in [-0.1, -0.05) is 11.6 Å². The molecule has 0 heterocycles. The maximum absolute atomic E-state index is 12.7. The molecule has 8 heteroatoms. The van der Waals surface area contributed by atoms with Gasteiger partial charge in [0.2, 0.25) is 5.91 Å². The lowest BCUT2D eigenvalue weighted by atomic mass is 10.2. The molecule has 0 saturated carbocycles. The predicted octanol–water partition coefficient (Wildman–Crippen LogP) is 2.84. The number of carbonyl (C=O) groups excluding carboxylic acids is 1. The minimum atomic E-state index is -4.50. The van der Waals surface area contributed by atoms with E-state index in [0.29, 0.717) is 6.54 Å². The van der Waals surface area contributed by atoms with E-state index < -0.39 is 11.7 Å². The van der Waals surface area contributed by atoms with Crippen LogP contribution in [-0.4, -0.2) is 44.5 Å². The molecule has 0 fully saturated rings. The maximum Gasteiger partial charge on any atom is 0.417 e. The number of amides is 1. The van der Waals surface area contributed by atoms with E-state index in [2.05, 4.69) is 10.6 Å². The Morgan fingerprint density at radius 2 is 1.95 bits per heavy atom. The van der Waals surface area contributed by atoms with Crippen LogP contribution >= 0.6 is 11.6 Å². The van der Waals surface area contributed by atoms with Crippen LogP contribution in [0.4, 0.5) is 18.9 Å². The number of rotatable bonds is 7. The standard InChI is InChI=1S/C14H19ClF3N3O/c1-21(2)8-7-20-13(22)5-6-19-10-3-4-12(15)11(9-10)14(16,17)18/h3-4,9,19H,5-8H2,1-2H3,(H,20,22). The second-order valence-corrected chi connectivity index (χ2v) is 5.43. The second kappa shape index (κ2) is 8.24. The largest absolute Gasteiger partial charge is 0.417 e. The molecular weight excluding hydrogens is 319 g/mol. The van der Waals surface area contributed by atoms with Crippen LogP contribution in [0.1, 0.15) is 12.0 Å². The highest BCUT2D eigenvalue weighted by atomic mass is 35.5. The van der Waals surface area contributed by atoms with Crippen molar-refractivity contribution in [2.45, 2.75) is 12.6 Å². The van der Waals surface area contributed by atoms with E-state index >= 15 is 0 Å². The van der Waals surface area contributed by atoms with Crippen molar-refractivity contribution in [3.63, 3.8) is 0 Å². The first-order valence-corrected chi connectivity index (χ1v) is 7.10. The topological polar surface area (TPSA) is 44.4 Å². The highest BCUT2D eigenvalue weighted by Gasteiger charge is 2.33. The average Bonchev–Trinajstić information content (AvgIpc) is 2.39. The summed E-state index contributed by atoms with van der Waals surface area (Å²) in [5.74, 6) is -0.153. The van der Waals surface area contributed by atoms with Gasteiger partial charge in [-0.2, -0.15) is 13.2 Å². The Labute approximate surface area is 132 Å². The minimum Gasteiger partial charge on any atom is -0.385 e. The first kappa shape index (κ1) is 18.6. The summed E-state index contributed by atoms with van der Waals surface area (Å²) in [6.07, 6.45) is -4.32. The smallest absolute Gasteiger partial charge is 0.385 e. The summed E-state index contributed by atoms with van der Waals surface area (Å²) in [6.45, 7) is 1.50. The zero-order valence-electron chi connectivity index (χ0n) is 12.4. The fourth-order valence-electron chi connectivity index (χ4n) is 1.68. The van der Waals surface area contributed by atoms with Crippen molar-refractivity contribution in [3.8, 4) is 0 Å². The Balaban J connectivity index is 2.44. The fourth-order valence-corrected chi connectivity index (χ4v) is 1.90. The van der Waals surface area contributed by atoms with Crippen LogP contribution in [0.5, 0.6) is 0 Å². The molecule has 1 aromatic rings. The van der Waals surface area contributed by atoms with Crippen molar-refractivity contribution in [2.24, 2.45) is 0 Å². The Morgan fingerprint density at radius 3 is 2.55 bits per heavy atom. The highest BCUT2D eigenvalue weighted by Crippen LogP contribution is 2.36. The number of halogens is 4. The van der Waals surface area contributed by atoms with Gasteiger partial charge in [-0.05, 0) is 32.3 Å². The lowest BCUT2D eigenvalue weighted by Gasteiger charge is -2.13. The molecule has 0 bridgehead atoms. The summed E-state index contributed by atoms with van der Waals surface area (Å²) in [4.78, 5) is 13.5. The lowest BCUT2D eigenvalue weighted by Crippen LogP contribution is -2.32. The summed E-state index contributed by atoms with van der Waals surface area (Å²) in [5.41, 5.74) is -0.618. The predicted molar refractivity (Wildman–Crippen MR) is 81.1 cm³/mol. The Bertz CT molecular complexity index is 507. The SMILES string of the molecule is CN(C)CCNC(=O)CCNc1ccc(Cl)c(C(F)(F)F)c1. The molecule has 2 N–H and O–H groups in total. The van der Waals surface area contributed by atoms with Gasteiger partial charge in [0.05, 0.1) is 10.6 Å². The van der Waals surface area contributed by atoms with Crippen LogP contribution in [0.15, 0.2) is 18.2 Å². The van der Waals surface area contributed by atoms with E-state index in [4.69, 9.17) is 11.6 Å². The van der Waals surface area contributed by atoms with Crippen LogP contribution in [0.25, 0.3) is 0 Å². The molecule has 4 nitrogen and oxygen atoms in total. The van der Waals surface area contributed by atoms with Crippen molar-refractivity contribution in [1.29, 1.82) is 0 Å². The third-order valence-corrected chi connectivity index (χ3v) is 3.16. The number of hydrogen-bond acceptors (Lipinski definition) is 3. The van der Waals surface area contributed by atoms with E-state index in [1.54, 1.807) is 0 Å². The third kappa shape index (κ3) is 6.53. The van der Waals surface area contributed by atoms with Gasteiger partial charge < -0.3 is 15.5 Å². The van der Waals surface area contributed by atoms with Crippen LogP contribution in [0, 0.1) is 0 Å². The molecule has 1 rings (SSSR count). The first-order valence-electron chi connectivity index (χ1n) is 6.72. The van der Waals surface area contributed by atoms with Gasteiger partial charge in [0.1, 0.15) is 0 Å². The van der Waals surface area contributed by atoms with Gasteiger partial charge in [-0.3, -0.25) is 4.79 Å². The Hall–Kier alpha value is -1.47. The summed E-state index contributed by atoms with van der Waals surface area (Å²) >= 11 is 5.53. The van der Waals surface area contributed by atoms with Gasteiger partial charge in [0.25, 0.3) is 0 Å². The van der Waals surface area contributed by atoms with Crippen LogP contribution in [0.3, 0.4) is 0 Å². The van der Waals surface area contributed by atoms with Crippen LogP contribution in [-0.2, 0) is 11.0 Å². The number of nitrogens with zero attached hydrogens (tertiary/aromatic N) is 1. The van der Waals surface area contributed by atoms with Gasteiger partial charge >= 0.3 is 6.18 Å². The molecule has 124 valence electrons. The normalized spacial score (nSPS) is 11.6. The molecule has 0 unspecified atom stereocenters. The van der Waals surface area contributed by atoms with E-state index in [1.165, 1.54) is 12.1 Å². The van der Waals surface area contributed by atoms with Crippen LogP contribution < -0.4 is 10.6 Å². The Morgan fingerprint density at radius 1 is 1.27 bits per heavy atom. The lowest BCUT2D eigenvalue weighted by molar-refractivity contribution is -0.137. The summed E-state index contributed by atoms with van der Waals surface area (Å²) in [7, 11) is 3.79. The molecule has 22 heavy (non-hydrogen) atoms. The summed E-state index contributed by atoms with van der Waals surface area (Å²) in [5, 5.41) is 5.16. The van der Waals surface area contributed by atoms with E-state index in [1.807, 2.05) is 19.0 Å². The van der Waals surface area contributed by atoms with Gasteiger partial charge in [-0.15, -0.1) is 0 Å². The number of likely N-dealkylation sites (N-methyl/N-ethyl adjacent to an activating group) is 1. The molecule has 0 aliphatic carbocycles. The summed E-state index contributed by atoms with van der Waals surface area (Å²) < 4.78 is 38.1. The molecule has 0 aliphatic rings. The number of nitrogens with one attached hydrogen (secondary N) is 2. The number of hydrogen-bond donors (Lipinski definition) is 2. The zero-order chi connectivity index (χ0) is 16.8. The molecular formula is C14H19ClF3N3O. The number of benzene rings is 1. The van der Waals surface area contributed by atoms with Gasteiger partial charge in [0.15, 0.2) is 0 Å². The van der Waals surface area contributed by atoms with Gasteiger partial charge in [0, 0.05) is 31.7 Å². The van der Waals surface area contributed by atoms with E-state index in [-0.39, 0.29) is 29.6 Å². The average molecular weight is 338 g/mol. The minimum absolute atomic E-state index is 0.153. The summed E-state index contributed by atoms with van der Waals surface area (Å²) in [6, 6.07) is 3.57. The van der Waals surface area contributed by atoms with Crippen LogP contribution in [0.2, 0.25) is 5.02 Å². The van der Waals surface area contributed by atoms with Crippen molar-refractivity contribution in [3.05, 3.63) is 28.8 Å². The molecule has 0 aliphatic heterocycles. The zero-order valence-corrected chi connectivity index (χ0v) is 13.2. The molecule has 0 radical (unpaired) electrons. The molecule has 0 spiro atoms. The first-order chi connectivity index (χ1) is 10.2. The quantitative estimate of drug-likeness (QED) is 0.804. The second-order valence-electron chi connectivity index (χ2n) is 5.02. The molecule has 1 amide bonds. The molecule has 1 aromatic carbocycles. The van der Waals surface area contributed by atoms with Crippen molar-refractivity contribution in [1.82, 2.24) is 10.2 Å². The van der Waals surface area contributed by atoms with Crippen molar-refractivity contribution in [2.75, 3.05) is 39.0 Å². The molecule has 0 atom stereocenters. The third-order valence-electron chi connectivity index (χ3n) is 2.83. The number of anilines is 1. The van der Waals surface area contributed by atoms with Gasteiger partial charge in [-0.25, -0.2) is 0 Å². The van der Waals surface area contributed by atoms with E-state index in [0.717, 1.165) is 12.6 Å². The maximum atomic E-state index is 12.7. The van der Waals surface area contributed by atoms with Crippen molar-refractivity contribution < 1.29 is 18.0 Å². The molecule has 0 aromatic heterocycles. The number of carbonyl (C=O) groups is 1. The highest BCUT2D eigenvalue weighted by molar-refractivity contribution is 6.31.